The lowest BCUT2D eigenvalue weighted by molar-refractivity contribution is 0.0992. The summed E-state index contributed by atoms with van der Waals surface area (Å²) in [4.78, 5) is 14.0. The van der Waals surface area contributed by atoms with Crippen LogP contribution in [0.5, 0.6) is 0 Å². The first-order chi connectivity index (χ1) is 9.00. The van der Waals surface area contributed by atoms with Crippen LogP contribution in [0.1, 0.15) is 10.4 Å². The molecule has 0 aliphatic carbocycles. The van der Waals surface area contributed by atoms with E-state index in [0.717, 1.165) is 5.69 Å². The van der Waals surface area contributed by atoms with Crippen molar-refractivity contribution in [3.05, 3.63) is 61.6 Å². The van der Waals surface area contributed by atoms with Crippen LogP contribution in [0.2, 0.25) is 10.0 Å². The molecule has 2 rings (SSSR count). The smallest absolute Gasteiger partial charge is 0.259 e. The van der Waals surface area contributed by atoms with Crippen molar-refractivity contribution in [1.29, 1.82) is 0 Å². The van der Waals surface area contributed by atoms with Crippen molar-refractivity contribution in [1.82, 2.24) is 0 Å². The molecule has 2 aromatic rings. The van der Waals surface area contributed by atoms with Gasteiger partial charge in [-0.25, -0.2) is 0 Å². The Morgan fingerprint density at radius 1 is 1.16 bits per heavy atom. The van der Waals surface area contributed by atoms with Crippen LogP contribution in [0, 0.1) is 3.57 Å². The summed E-state index contributed by atoms with van der Waals surface area (Å²) in [6, 6.07) is 12.7. The van der Waals surface area contributed by atoms with Gasteiger partial charge < -0.3 is 4.90 Å². The van der Waals surface area contributed by atoms with Gasteiger partial charge >= 0.3 is 0 Å². The molecule has 5 heteroatoms. The van der Waals surface area contributed by atoms with Gasteiger partial charge in [0.2, 0.25) is 0 Å². The summed E-state index contributed by atoms with van der Waals surface area (Å²) >= 11 is 14.1. The molecule has 0 N–H and O–H groups in total. The number of nitrogens with zero attached hydrogens (tertiary/aromatic N) is 1. The van der Waals surface area contributed by atoms with Gasteiger partial charge in [-0.3, -0.25) is 4.79 Å². The van der Waals surface area contributed by atoms with Crippen molar-refractivity contribution in [3.63, 3.8) is 0 Å². The van der Waals surface area contributed by atoms with Crippen molar-refractivity contribution < 1.29 is 4.79 Å². The Kier molecular flexibility index (Phi) is 4.71. The number of carbonyl (C=O) groups excluding carboxylic acids is 1. The largest absolute Gasteiger partial charge is 0.311 e. The van der Waals surface area contributed by atoms with Crippen LogP contribution in [-0.2, 0) is 0 Å². The standard InChI is InChI=1S/C14H10Cl2INO/c1-18(10-5-3-2-4-6-10)14(19)11-7-9(15)8-12(16)13(11)17/h2-8H,1H3. The highest BCUT2D eigenvalue weighted by Gasteiger charge is 2.18. The zero-order chi connectivity index (χ0) is 14.0. The molecule has 0 aliphatic rings. The van der Waals surface area contributed by atoms with Gasteiger partial charge in [0, 0.05) is 21.3 Å². The SMILES string of the molecule is CN(C(=O)c1cc(Cl)cc(Cl)c1I)c1ccccc1. The Morgan fingerprint density at radius 2 is 1.79 bits per heavy atom. The number of para-hydroxylation sites is 1. The van der Waals surface area contributed by atoms with E-state index in [9.17, 15) is 4.79 Å². The van der Waals surface area contributed by atoms with Gasteiger partial charge in [-0.15, -0.1) is 0 Å². The quantitative estimate of drug-likeness (QED) is 0.515. The number of halogens is 3. The van der Waals surface area contributed by atoms with Crippen molar-refractivity contribution in [2.24, 2.45) is 0 Å². The molecule has 1 amide bonds. The van der Waals surface area contributed by atoms with Gasteiger partial charge in [-0.2, -0.15) is 0 Å². The van der Waals surface area contributed by atoms with Gasteiger partial charge in [0.05, 0.1) is 10.6 Å². The molecule has 0 saturated carbocycles. The average Bonchev–Trinajstić information content (AvgIpc) is 2.42. The first kappa shape index (κ1) is 14.6. The Labute approximate surface area is 135 Å². The first-order valence-electron chi connectivity index (χ1n) is 5.48. The highest BCUT2D eigenvalue weighted by Crippen LogP contribution is 2.28. The molecule has 0 saturated heterocycles. The van der Waals surface area contributed by atoms with E-state index in [1.807, 2.05) is 30.3 Å². The number of rotatable bonds is 2. The molecule has 0 spiro atoms. The summed E-state index contributed by atoms with van der Waals surface area (Å²) in [7, 11) is 1.72. The maximum Gasteiger partial charge on any atom is 0.259 e. The molecule has 98 valence electrons. The summed E-state index contributed by atoms with van der Waals surface area (Å²) < 4.78 is 0.705. The molecule has 0 fully saturated rings. The molecular weight excluding hydrogens is 396 g/mol. The van der Waals surface area contributed by atoms with E-state index < -0.39 is 0 Å². The van der Waals surface area contributed by atoms with Crippen LogP contribution < -0.4 is 4.90 Å². The number of carbonyl (C=O) groups is 1. The van der Waals surface area contributed by atoms with E-state index >= 15 is 0 Å². The van der Waals surface area contributed by atoms with Crippen LogP contribution in [0.15, 0.2) is 42.5 Å². The molecule has 0 bridgehead atoms. The highest BCUT2D eigenvalue weighted by molar-refractivity contribution is 14.1. The number of amides is 1. The fourth-order valence-corrected chi connectivity index (χ4v) is 2.70. The van der Waals surface area contributed by atoms with Gasteiger partial charge in [-0.1, -0.05) is 41.4 Å². The number of anilines is 1. The minimum atomic E-state index is -0.139. The number of hydrogen-bond acceptors (Lipinski definition) is 1. The summed E-state index contributed by atoms with van der Waals surface area (Å²) in [5.41, 5.74) is 1.32. The monoisotopic (exact) mass is 405 g/mol. The maximum atomic E-state index is 12.5. The second kappa shape index (κ2) is 6.11. The van der Waals surface area contributed by atoms with E-state index in [4.69, 9.17) is 23.2 Å². The fraction of sp³-hybridized carbons (Fsp3) is 0.0714. The molecule has 0 unspecified atom stereocenters. The minimum Gasteiger partial charge on any atom is -0.311 e. The fourth-order valence-electron chi connectivity index (χ4n) is 1.66. The molecule has 0 atom stereocenters. The lowest BCUT2D eigenvalue weighted by Gasteiger charge is -2.18. The van der Waals surface area contributed by atoms with Gasteiger partial charge in [0.15, 0.2) is 0 Å². The number of hydrogen-bond donors (Lipinski definition) is 0. The topological polar surface area (TPSA) is 20.3 Å². The highest BCUT2D eigenvalue weighted by atomic mass is 127. The second-order valence-corrected chi connectivity index (χ2v) is 5.87. The van der Waals surface area contributed by atoms with Crippen molar-refractivity contribution in [3.8, 4) is 0 Å². The predicted molar refractivity (Wildman–Crippen MR) is 88.4 cm³/mol. The van der Waals surface area contributed by atoms with Crippen LogP contribution in [0.25, 0.3) is 0 Å². The molecule has 2 aromatic carbocycles. The van der Waals surface area contributed by atoms with Crippen molar-refractivity contribution >= 4 is 57.4 Å². The Balaban J connectivity index is 2.40. The lowest BCUT2D eigenvalue weighted by atomic mass is 10.2. The van der Waals surface area contributed by atoms with E-state index in [2.05, 4.69) is 22.6 Å². The van der Waals surface area contributed by atoms with Crippen LogP contribution in [-0.4, -0.2) is 13.0 Å². The minimum absolute atomic E-state index is 0.139. The lowest BCUT2D eigenvalue weighted by Crippen LogP contribution is -2.27. The van der Waals surface area contributed by atoms with Gasteiger partial charge in [0.25, 0.3) is 5.91 Å². The molecule has 0 radical (unpaired) electrons. The Bertz CT molecular complexity index is 616. The van der Waals surface area contributed by atoms with E-state index in [-0.39, 0.29) is 5.91 Å². The van der Waals surface area contributed by atoms with Crippen LogP contribution in [0.4, 0.5) is 5.69 Å². The second-order valence-electron chi connectivity index (χ2n) is 3.95. The predicted octanol–water partition coefficient (Wildman–Crippen LogP) is 4.87. The van der Waals surface area contributed by atoms with E-state index in [1.54, 1.807) is 24.1 Å². The third-order valence-electron chi connectivity index (χ3n) is 2.67. The van der Waals surface area contributed by atoms with Gasteiger partial charge in [0.1, 0.15) is 0 Å². The third kappa shape index (κ3) is 3.22. The van der Waals surface area contributed by atoms with Crippen molar-refractivity contribution in [2.75, 3.05) is 11.9 Å². The summed E-state index contributed by atoms with van der Waals surface area (Å²) in [5.74, 6) is -0.139. The molecule has 19 heavy (non-hydrogen) atoms. The van der Waals surface area contributed by atoms with Crippen molar-refractivity contribution in [2.45, 2.75) is 0 Å². The summed E-state index contributed by atoms with van der Waals surface area (Å²) in [6.45, 7) is 0. The normalized spacial score (nSPS) is 10.3. The Hall–Kier alpha value is -0.780. The number of benzene rings is 2. The van der Waals surface area contributed by atoms with Crippen LogP contribution in [0.3, 0.4) is 0 Å². The van der Waals surface area contributed by atoms with Gasteiger partial charge in [-0.05, 0) is 46.9 Å². The van der Waals surface area contributed by atoms with Crippen LogP contribution >= 0.6 is 45.8 Å². The molecule has 2 nitrogen and oxygen atoms in total. The molecule has 0 heterocycles. The summed E-state index contributed by atoms with van der Waals surface area (Å²) in [5, 5.41) is 0.938. The molecule has 0 aromatic heterocycles. The van der Waals surface area contributed by atoms with E-state index in [1.165, 1.54) is 0 Å². The zero-order valence-electron chi connectivity index (χ0n) is 10.0. The van der Waals surface area contributed by atoms with E-state index in [0.29, 0.717) is 19.2 Å². The zero-order valence-corrected chi connectivity index (χ0v) is 13.7. The Morgan fingerprint density at radius 3 is 2.42 bits per heavy atom. The summed E-state index contributed by atoms with van der Waals surface area (Å²) in [6.07, 6.45) is 0. The third-order valence-corrected chi connectivity index (χ3v) is 4.67. The first-order valence-corrected chi connectivity index (χ1v) is 7.32. The molecule has 0 aliphatic heterocycles. The molecular formula is C14H10Cl2INO. The maximum absolute atomic E-state index is 12.5. The average molecular weight is 406 g/mol.